The second kappa shape index (κ2) is 6.30. The summed E-state index contributed by atoms with van der Waals surface area (Å²) >= 11 is 0. The normalized spacial score (nSPS) is 16.9. The molecule has 0 aromatic carbocycles. The smallest absolute Gasteiger partial charge is 0.329 e. The van der Waals surface area contributed by atoms with E-state index < -0.39 is 17.0 Å². The molecule has 3 amide bonds. The highest BCUT2D eigenvalue weighted by Crippen LogP contribution is 2.24. The maximum absolute atomic E-state index is 11.9. The van der Waals surface area contributed by atoms with Gasteiger partial charge >= 0.3 is 12.0 Å². The lowest BCUT2D eigenvalue weighted by molar-refractivity contribution is -0.159. The largest absolute Gasteiger partial charge is 0.480 e. The van der Waals surface area contributed by atoms with Gasteiger partial charge in [0.05, 0.1) is 18.5 Å². The number of carboxylic acids is 1. The zero-order valence-electron chi connectivity index (χ0n) is 12.9. The van der Waals surface area contributed by atoms with Gasteiger partial charge in [-0.2, -0.15) is 0 Å². The molecule has 1 saturated heterocycles. The molecule has 3 N–H and O–H groups in total. The molecule has 1 aliphatic rings. The molecule has 0 radical (unpaired) electrons. The number of rotatable bonds is 6. The van der Waals surface area contributed by atoms with Gasteiger partial charge in [0.1, 0.15) is 12.2 Å². The van der Waals surface area contributed by atoms with Crippen molar-refractivity contribution in [3.05, 3.63) is 0 Å². The van der Waals surface area contributed by atoms with Crippen LogP contribution < -0.4 is 10.6 Å². The molecular weight excluding hydrogens is 278 g/mol. The van der Waals surface area contributed by atoms with Crippen molar-refractivity contribution >= 4 is 17.9 Å². The van der Waals surface area contributed by atoms with Crippen LogP contribution in [0.15, 0.2) is 0 Å². The van der Waals surface area contributed by atoms with E-state index >= 15 is 0 Å². The van der Waals surface area contributed by atoms with Crippen LogP contribution in [0, 0.1) is 5.41 Å². The number of carbonyl (C=O) groups excluding carboxylic acids is 2. The molecule has 0 saturated carbocycles. The molecule has 8 heteroatoms. The Bertz CT molecular complexity index is 430. The first-order valence-corrected chi connectivity index (χ1v) is 6.70. The number of ether oxygens (including phenoxy) is 1. The summed E-state index contributed by atoms with van der Waals surface area (Å²) in [4.78, 5) is 35.5. The molecule has 1 aliphatic heterocycles. The zero-order valence-corrected chi connectivity index (χ0v) is 12.9. The molecule has 0 aromatic rings. The Kier molecular flexibility index (Phi) is 5.16. The van der Waals surface area contributed by atoms with Crippen LogP contribution in [0.3, 0.4) is 0 Å². The van der Waals surface area contributed by atoms with Crippen molar-refractivity contribution in [1.82, 2.24) is 15.5 Å². The lowest BCUT2D eigenvalue weighted by Crippen LogP contribution is -2.65. The van der Waals surface area contributed by atoms with Crippen LogP contribution in [0.4, 0.5) is 4.79 Å². The Morgan fingerprint density at radius 3 is 2.38 bits per heavy atom. The molecular formula is C13H23N3O5. The highest BCUT2D eigenvalue weighted by molar-refractivity contribution is 5.83. The molecule has 1 fully saturated rings. The number of urea groups is 1. The number of carboxylic acid groups (broad SMARTS) is 1. The molecule has 0 spiro atoms. The van der Waals surface area contributed by atoms with Crippen LogP contribution in [-0.2, 0) is 14.3 Å². The Morgan fingerprint density at radius 2 is 1.90 bits per heavy atom. The summed E-state index contributed by atoms with van der Waals surface area (Å²) in [7, 11) is 1.55. The zero-order chi connectivity index (χ0) is 16.3. The van der Waals surface area contributed by atoms with Crippen molar-refractivity contribution in [3.63, 3.8) is 0 Å². The van der Waals surface area contributed by atoms with Gasteiger partial charge in [-0.1, -0.05) is 0 Å². The van der Waals surface area contributed by atoms with Gasteiger partial charge in [-0.05, 0) is 20.8 Å². The number of amides is 3. The maximum atomic E-state index is 11.9. The number of aliphatic carboxylic acids is 1. The third kappa shape index (κ3) is 4.59. The summed E-state index contributed by atoms with van der Waals surface area (Å²) in [6, 6.07) is -0.289. The van der Waals surface area contributed by atoms with E-state index in [0.29, 0.717) is 13.1 Å². The summed E-state index contributed by atoms with van der Waals surface area (Å²) in [5.74, 6) is -1.19. The van der Waals surface area contributed by atoms with E-state index in [1.807, 2.05) is 0 Å². The molecule has 0 aromatic heterocycles. The fraction of sp³-hybridized carbons (Fsp3) is 0.769. The van der Waals surface area contributed by atoms with Crippen LogP contribution in [0.5, 0.6) is 0 Å². The Hall–Kier alpha value is -1.83. The topological polar surface area (TPSA) is 108 Å². The van der Waals surface area contributed by atoms with Gasteiger partial charge in [0.2, 0.25) is 5.91 Å². The third-order valence-electron chi connectivity index (χ3n) is 3.41. The van der Waals surface area contributed by atoms with Crippen molar-refractivity contribution in [1.29, 1.82) is 0 Å². The van der Waals surface area contributed by atoms with Gasteiger partial charge in [0.15, 0.2) is 0 Å². The third-order valence-corrected chi connectivity index (χ3v) is 3.41. The van der Waals surface area contributed by atoms with Crippen molar-refractivity contribution in [2.75, 3.05) is 33.3 Å². The van der Waals surface area contributed by atoms with Crippen molar-refractivity contribution in [2.24, 2.45) is 5.41 Å². The van der Waals surface area contributed by atoms with Crippen molar-refractivity contribution in [3.8, 4) is 0 Å². The van der Waals surface area contributed by atoms with Gasteiger partial charge in [0, 0.05) is 13.6 Å². The van der Waals surface area contributed by atoms with Crippen molar-refractivity contribution in [2.45, 2.75) is 26.4 Å². The summed E-state index contributed by atoms with van der Waals surface area (Å²) in [5, 5.41) is 13.8. The Labute approximate surface area is 123 Å². The molecule has 1 heterocycles. The number of nitrogens with zero attached hydrogens (tertiary/aromatic N) is 1. The van der Waals surface area contributed by atoms with E-state index in [9.17, 15) is 14.4 Å². The summed E-state index contributed by atoms with van der Waals surface area (Å²) < 4.78 is 5.22. The van der Waals surface area contributed by atoms with E-state index in [4.69, 9.17) is 9.84 Å². The van der Waals surface area contributed by atoms with Crippen LogP contribution >= 0.6 is 0 Å². The average molecular weight is 301 g/mol. The minimum atomic E-state index is -1.04. The van der Waals surface area contributed by atoms with Gasteiger partial charge in [-0.15, -0.1) is 0 Å². The average Bonchev–Trinajstić information content (AvgIpc) is 2.38. The predicted molar refractivity (Wildman–Crippen MR) is 74.8 cm³/mol. The molecule has 0 bridgehead atoms. The van der Waals surface area contributed by atoms with Gasteiger partial charge in [-0.25, -0.2) is 9.59 Å². The quantitative estimate of drug-likeness (QED) is 0.621. The monoisotopic (exact) mass is 301 g/mol. The second-order valence-electron chi connectivity index (χ2n) is 6.11. The highest BCUT2D eigenvalue weighted by Gasteiger charge is 2.43. The number of hydrogen-bond acceptors (Lipinski definition) is 4. The van der Waals surface area contributed by atoms with Crippen LogP contribution in [0.1, 0.15) is 20.8 Å². The minimum absolute atomic E-state index is 0.152. The second-order valence-corrected chi connectivity index (χ2v) is 6.11. The van der Waals surface area contributed by atoms with Crippen molar-refractivity contribution < 1.29 is 24.2 Å². The molecule has 8 nitrogen and oxygen atoms in total. The molecule has 0 unspecified atom stereocenters. The lowest BCUT2D eigenvalue weighted by atomic mass is 9.92. The first-order chi connectivity index (χ1) is 9.59. The number of hydrogen-bond donors (Lipinski definition) is 3. The van der Waals surface area contributed by atoms with Crippen LogP contribution in [-0.4, -0.2) is 66.8 Å². The molecule has 120 valence electrons. The predicted octanol–water partition coefficient (Wildman–Crippen LogP) is -0.356. The highest BCUT2D eigenvalue weighted by atomic mass is 16.5. The summed E-state index contributed by atoms with van der Waals surface area (Å²) in [6.45, 7) is 5.72. The molecule has 0 aliphatic carbocycles. The minimum Gasteiger partial charge on any atom is -0.480 e. The fourth-order valence-corrected chi connectivity index (χ4v) is 2.06. The van der Waals surface area contributed by atoms with E-state index in [1.54, 1.807) is 27.8 Å². The van der Waals surface area contributed by atoms with Crippen LogP contribution in [0.2, 0.25) is 0 Å². The van der Waals surface area contributed by atoms with Gasteiger partial charge in [0.25, 0.3) is 0 Å². The van der Waals surface area contributed by atoms with E-state index in [2.05, 4.69) is 10.6 Å². The number of likely N-dealkylation sites (tertiary alicyclic amines) is 1. The standard InChI is InChI=1S/C13H23N3O5/c1-12(2,10(19)14-4)6-15-11(20)16-7-13(3,8-16)21-5-9(17)18/h5-8H2,1-4H3,(H,14,19)(H,15,20)(H,17,18). The number of nitrogens with one attached hydrogen (secondary N) is 2. The fourth-order valence-electron chi connectivity index (χ4n) is 2.06. The summed E-state index contributed by atoms with van der Waals surface area (Å²) in [5.41, 5.74) is -1.32. The molecule has 1 rings (SSSR count). The van der Waals surface area contributed by atoms with E-state index in [-0.39, 0.29) is 25.1 Å². The Balaban J connectivity index is 2.36. The first kappa shape index (κ1) is 17.2. The first-order valence-electron chi connectivity index (χ1n) is 6.70. The van der Waals surface area contributed by atoms with Crippen LogP contribution in [0.25, 0.3) is 0 Å². The molecule has 21 heavy (non-hydrogen) atoms. The summed E-state index contributed by atoms with van der Waals surface area (Å²) in [6.07, 6.45) is 0. The SMILES string of the molecule is CNC(=O)C(C)(C)CNC(=O)N1CC(C)(OCC(=O)O)C1. The van der Waals surface area contributed by atoms with Gasteiger partial charge < -0.3 is 25.4 Å². The lowest BCUT2D eigenvalue weighted by Gasteiger charge is -2.47. The maximum Gasteiger partial charge on any atom is 0.329 e. The van der Waals surface area contributed by atoms with Gasteiger partial charge in [-0.3, -0.25) is 4.79 Å². The number of carbonyl (C=O) groups is 3. The van der Waals surface area contributed by atoms with E-state index in [1.165, 1.54) is 4.90 Å². The molecule has 0 atom stereocenters. The Morgan fingerprint density at radius 1 is 1.33 bits per heavy atom. The van der Waals surface area contributed by atoms with E-state index in [0.717, 1.165) is 0 Å².